The van der Waals surface area contributed by atoms with Crippen LogP contribution in [0.25, 0.3) is 0 Å². The maximum absolute atomic E-state index is 12.9. The van der Waals surface area contributed by atoms with E-state index in [9.17, 15) is 9.59 Å². The van der Waals surface area contributed by atoms with E-state index in [-0.39, 0.29) is 11.7 Å². The van der Waals surface area contributed by atoms with Crippen LogP contribution in [-0.4, -0.2) is 42.9 Å². The van der Waals surface area contributed by atoms with Crippen molar-refractivity contribution in [3.05, 3.63) is 63.7 Å². The van der Waals surface area contributed by atoms with E-state index in [0.29, 0.717) is 53.7 Å². The number of carbonyl (C=O) groups is 2. The van der Waals surface area contributed by atoms with Crippen LogP contribution in [0.5, 0.6) is 0 Å². The fourth-order valence-electron chi connectivity index (χ4n) is 2.81. The monoisotopic (exact) mass is 358 g/mol. The van der Waals surface area contributed by atoms with E-state index in [4.69, 9.17) is 22.1 Å². The number of ether oxygens (including phenoxy) is 1. The molecular formula is C19H19ClN2O3. The highest BCUT2D eigenvalue weighted by atomic mass is 35.5. The zero-order chi connectivity index (χ0) is 18.0. The molecule has 0 aliphatic carbocycles. The molecule has 3 rings (SSSR count). The lowest BCUT2D eigenvalue weighted by Crippen LogP contribution is -2.40. The second-order valence-corrected chi connectivity index (χ2v) is 6.41. The lowest BCUT2D eigenvalue weighted by Gasteiger charge is -2.27. The summed E-state index contributed by atoms with van der Waals surface area (Å²) in [7, 11) is 0. The number of carbonyl (C=O) groups excluding carboxylic acids is 2. The van der Waals surface area contributed by atoms with Gasteiger partial charge in [0.1, 0.15) is 0 Å². The number of nitrogens with two attached hydrogens (primary N) is 1. The molecule has 1 aliphatic rings. The second-order valence-electron chi connectivity index (χ2n) is 6.00. The Balaban J connectivity index is 1.93. The van der Waals surface area contributed by atoms with E-state index in [2.05, 4.69) is 0 Å². The lowest BCUT2D eigenvalue weighted by molar-refractivity contribution is 0.0303. The number of ketones is 1. The zero-order valence-corrected chi connectivity index (χ0v) is 14.7. The number of hydrogen-bond donors (Lipinski definition) is 1. The standard InChI is InChI=1S/C19H19ClN2O3/c1-12-2-3-13(19(24)22-6-8-25-9-7-22)10-16(12)18(23)15-5-4-14(21)11-17(15)20/h2-5,10-11H,6-9,21H2,1H3. The van der Waals surface area contributed by atoms with Gasteiger partial charge < -0.3 is 15.4 Å². The molecule has 0 atom stereocenters. The van der Waals surface area contributed by atoms with Crippen molar-refractivity contribution >= 4 is 29.0 Å². The van der Waals surface area contributed by atoms with Crippen LogP contribution in [0.4, 0.5) is 5.69 Å². The van der Waals surface area contributed by atoms with Crippen molar-refractivity contribution < 1.29 is 14.3 Å². The largest absolute Gasteiger partial charge is 0.399 e. The fourth-order valence-corrected chi connectivity index (χ4v) is 3.08. The van der Waals surface area contributed by atoms with Gasteiger partial charge in [-0.1, -0.05) is 17.7 Å². The van der Waals surface area contributed by atoms with Crippen molar-refractivity contribution in [3.63, 3.8) is 0 Å². The molecule has 0 bridgehead atoms. The molecule has 2 aromatic rings. The van der Waals surface area contributed by atoms with E-state index >= 15 is 0 Å². The summed E-state index contributed by atoms with van der Waals surface area (Å²) in [6.07, 6.45) is 0. The Labute approximate surface area is 151 Å². The van der Waals surface area contributed by atoms with Crippen LogP contribution in [0, 0.1) is 6.92 Å². The molecule has 130 valence electrons. The number of amides is 1. The average Bonchev–Trinajstić information content (AvgIpc) is 2.62. The Morgan fingerprint density at radius 3 is 2.48 bits per heavy atom. The van der Waals surface area contributed by atoms with Crippen LogP contribution in [-0.2, 0) is 4.74 Å². The van der Waals surface area contributed by atoms with Gasteiger partial charge in [-0.3, -0.25) is 9.59 Å². The van der Waals surface area contributed by atoms with Gasteiger partial charge in [-0.05, 0) is 42.8 Å². The molecular weight excluding hydrogens is 340 g/mol. The minimum atomic E-state index is -0.223. The topological polar surface area (TPSA) is 72.6 Å². The number of anilines is 1. The first-order valence-corrected chi connectivity index (χ1v) is 8.42. The molecule has 2 aromatic carbocycles. The van der Waals surface area contributed by atoms with Gasteiger partial charge in [0.15, 0.2) is 5.78 Å². The van der Waals surface area contributed by atoms with Crippen molar-refractivity contribution in [3.8, 4) is 0 Å². The van der Waals surface area contributed by atoms with Crippen LogP contribution >= 0.6 is 11.6 Å². The van der Waals surface area contributed by atoms with Gasteiger partial charge in [0.05, 0.1) is 18.2 Å². The van der Waals surface area contributed by atoms with Crippen molar-refractivity contribution in [2.75, 3.05) is 32.0 Å². The van der Waals surface area contributed by atoms with Crippen LogP contribution in [0.1, 0.15) is 31.8 Å². The third kappa shape index (κ3) is 3.67. The van der Waals surface area contributed by atoms with Gasteiger partial charge in [-0.25, -0.2) is 0 Å². The van der Waals surface area contributed by atoms with Crippen LogP contribution in [0.2, 0.25) is 5.02 Å². The van der Waals surface area contributed by atoms with Gasteiger partial charge in [0.2, 0.25) is 0 Å². The van der Waals surface area contributed by atoms with E-state index < -0.39 is 0 Å². The normalized spacial score (nSPS) is 14.4. The molecule has 1 saturated heterocycles. The smallest absolute Gasteiger partial charge is 0.254 e. The Kier molecular flexibility index (Phi) is 5.06. The molecule has 6 heteroatoms. The quantitative estimate of drug-likeness (QED) is 0.676. The summed E-state index contributed by atoms with van der Waals surface area (Å²) in [5.41, 5.74) is 8.29. The van der Waals surface area contributed by atoms with E-state index in [0.717, 1.165) is 5.56 Å². The summed E-state index contributed by atoms with van der Waals surface area (Å²) in [6, 6.07) is 9.96. The molecule has 1 amide bonds. The molecule has 0 aromatic heterocycles. The Hall–Kier alpha value is -2.37. The summed E-state index contributed by atoms with van der Waals surface area (Å²) in [5, 5.41) is 0.300. The summed E-state index contributed by atoms with van der Waals surface area (Å²) in [5.74, 6) is -0.320. The van der Waals surface area contributed by atoms with Crippen molar-refractivity contribution in [2.45, 2.75) is 6.92 Å². The minimum Gasteiger partial charge on any atom is -0.399 e. The molecule has 1 fully saturated rings. The van der Waals surface area contributed by atoms with Crippen LogP contribution < -0.4 is 5.73 Å². The second kappa shape index (κ2) is 7.25. The molecule has 0 unspecified atom stereocenters. The maximum atomic E-state index is 12.9. The predicted octanol–water partition coefficient (Wildman–Crippen LogP) is 2.93. The first kappa shape index (κ1) is 17.5. The molecule has 0 saturated carbocycles. The van der Waals surface area contributed by atoms with E-state index in [1.54, 1.807) is 41.3 Å². The Bertz CT molecular complexity index is 829. The molecule has 25 heavy (non-hydrogen) atoms. The lowest BCUT2D eigenvalue weighted by atomic mass is 9.96. The summed E-state index contributed by atoms with van der Waals surface area (Å²) < 4.78 is 5.27. The SMILES string of the molecule is Cc1ccc(C(=O)N2CCOCC2)cc1C(=O)c1ccc(N)cc1Cl. The molecule has 1 aliphatic heterocycles. The van der Waals surface area contributed by atoms with E-state index in [1.165, 1.54) is 0 Å². The molecule has 0 spiro atoms. The van der Waals surface area contributed by atoms with Gasteiger partial charge in [-0.2, -0.15) is 0 Å². The van der Waals surface area contributed by atoms with Gasteiger partial charge in [0, 0.05) is 35.5 Å². The Morgan fingerprint density at radius 2 is 1.80 bits per heavy atom. The van der Waals surface area contributed by atoms with Crippen LogP contribution in [0.15, 0.2) is 36.4 Å². The Morgan fingerprint density at radius 1 is 1.08 bits per heavy atom. The average molecular weight is 359 g/mol. The third-order valence-electron chi connectivity index (χ3n) is 4.27. The number of aryl methyl sites for hydroxylation is 1. The highest BCUT2D eigenvalue weighted by Crippen LogP contribution is 2.24. The van der Waals surface area contributed by atoms with Gasteiger partial charge in [0.25, 0.3) is 5.91 Å². The van der Waals surface area contributed by atoms with Crippen molar-refractivity contribution in [2.24, 2.45) is 0 Å². The van der Waals surface area contributed by atoms with Gasteiger partial charge in [-0.15, -0.1) is 0 Å². The summed E-state index contributed by atoms with van der Waals surface area (Å²) in [4.78, 5) is 27.3. The third-order valence-corrected chi connectivity index (χ3v) is 4.58. The summed E-state index contributed by atoms with van der Waals surface area (Å²) >= 11 is 6.16. The maximum Gasteiger partial charge on any atom is 0.254 e. The van der Waals surface area contributed by atoms with Crippen LogP contribution in [0.3, 0.4) is 0 Å². The highest BCUT2D eigenvalue weighted by molar-refractivity contribution is 6.35. The molecule has 5 nitrogen and oxygen atoms in total. The first-order chi connectivity index (χ1) is 12.0. The summed E-state index contributed by atoms with van der Waals surface area (Å²) in [6.45, 7) is 4.01. The first-order valence-electron chi connectivity index (χ1n) is 8.05. The number of rotatable bonds is 3. The molecule has 1 heterocycles. The number of benzene rings is 2. The highest BCUT2D eigenvalue weighted by Gasteiger charge is 2.21. The number of hydrogen-bond acceptors (Lipinski definition) is 4. The number of nitrogen functional groups attached to an aromatic ring is 1. The minimum absolute atomic E-state index is 0.0965. The van der Waals surface area contributed by atoms with Gasteiger partial charge >= 0.3 is 0 Å². The number of halogens is 1. The number of nitrogens with zero attached hydrogens (tertiary/aromatic N) is 1. The van der Waals surface area contributed by atoms with Crippen molar-refractivity contribution in [1.82, 2.24) is 4.90 Å². The zero-order valence-electron chi connectivity index (χ0n) is 13.9. The molecule has 0 radical (unpaired) electrons. The number of morpholine rings is 1. The predicted molar refractivity (Wildman–Crippen MR) is 97.2 cm³/mol. The van der Waals surface area contributed by atoms with E-state index in [1.807, 2.05) is 6.92 Å². The molecule has 2 N–H and O–H groups in total. The fraction of sp³-hybridized carbons (Fsp3) is 0.263. The van der Waals surface area contributed by atoms with Crippen molar-refractivity contribution in [1.29, 1.82) is 0 Å².